The zero-order valence-corrected chi connectivity index (χ0v) is 10.9. The number of hydrogen-bond donors (Lipinski definition) is 2. The molecular formula is C12H12N6S. The number of fused-ring (bicyclic) bond motifs is 1. The van der Waals surface area contributed by atoms with Crippen LogP contribution in [-0.4, -0.2) is 19.9 Å². The number of nitrogens with two attached hydrogens (primary N) is 2. The molecule has 7 heteroatoms. The molecule has 96 valence electrons. The normalized spacial score (nSPS) is 10.9. The Morgan fingerprint density at radius 2 is 2.00 bits per heavy atom. The first-order chi connectivity index (χ1) is 9.22. The van der Waals surface area contributed by atoms with Gasteiger partial charge in [0.1, 0.15) is 0 Å². The van der Waals surface area contributed by atoms with E-state index in [0.717, 1.165) is 18.5 Å². The fourth-order valence-corrected chi connectivity index (χ4v) is 2.52. The highest BCUT2D eigenvalue weighted by Gasteiger charge is 2.07. The fourth-order valence-electron chi connectivity index (χ4n) is 1.81. The second kappa shape index (κ2) is 4.77. The van der Waals surface area contributed by atoms with Crippen LogP contribution in [0.15, 0.2) is 23.7 Å². The summed E-state index contributed by atoms with van der Waals surface area (Å²) in [6.07, 6.45) is 3.46. The van der Waals surface area contributed by atoms with Crippen molar-refractivity contribution in [2.75, 3.05) is 11.5 Å². The van der Waals surface area contributed by atoms with E-state index in [-0.39, 0.29) is 11.8 Å². The molecule has 0 fully saturated rings. The summed E-state index contributed by atoms with van der Waals surface area (Å²) in [6.45, 7) is 0. The van der Waals surface area contributed by atoms with Gasteiger partial charge in [-0.15, -0.1) is 11.3 Å². The van der Waals surface area contributed by atoms with Crippen molar-refractivity contribution >= 4 is 34.3 Å². The van der Waals surface area contributed by atoms with E-state index < -0.39 is 0 Å². The minimum atomic E-state index is 0.116. The highest BCUT2D eigenvalue weighted by Crippen LogP contribution is 2.16. The van der Waals surface area contributed by atoms with Crippen molar-refractivity contribution in [2.24, 2.45) is 0 Å². The van der Waals surface area contributed by atoms with Crippen LogP contribution in [-0.2, 0) is 12.8 Å². The Morgan fingerprint density at radius 1 is 1.11 bits per heavy atom. The summed E-state index contributed by atoms with van der Waals surface area (Å²) in [4.78, 5) is 17.9. The molecule has 0 atom stereocenters. The smallest absolute Gasteiger partial charge is 0.224 e. The van der Waals surface area contributed by atoms with Crippen LogP contribution in [0.2, 0.25) is 0 Å². The van der Waals surface area contributed by atoms with Crippen LogP contribution in [0.25, 0.3) is 11.2 Å². The molecule has 0 aliphatic rings. The van der Waals surface area contributed by atoms with E-state index in [0.29, 0.717) is 11.2 Å². The first-order valence-electron chi connectivity index (χ1n) is 5.79. The molecular weight excluding hydrogens is 260 g/mol. The zero-order valence-electron chi connectivity index (χ0n) is 10.1. The SMILES string of the molecule is Nc1nc(N)c2nc(CCc3cccs3)cnc2n1. The van der Waals surface area contributed by atoms with Gasteiger partial charge in [-0.25, -0.2) is 9.97 Å². The molecule has 3 aromatic heterocycles. The number of rotatable bonds is 3. The van der Waals surface area contributed by atoms with E-state index in [1.54, 1.807) is 17.5 Å². The molecule has 19 heavy (non-hydrogen) atoms. The Kier molecular flexibility index (Phi) is 2.96. The van der Waals surface area contributed by atoms with Gasteiger partial charge in [0, 0.05) is 4.88 Å². The van der Waals surface area contributed by atoms with Gasteiger partial charge in [-0.2, -0.15) is 9.97 Å². The molecule has 3 heterocycles. The number of aromatic nitrogens is 4. The fraction of sp³-hybridized carbons (Fsp3) is 0.167. The van der Waals surface area contributed by atoms with Crippen molar-refractivity contribution in [2.45, 2.75) is 12.8 Å². The lowest BCUT2D eigenvalue weighted by Gasteiger charge is -2.03. The van der Waals surface area contributed by atoms with E-state index in [9.17, 15) is 0 Å². The van der Waals surface area contributed by atoms with Gasteiger partial charge in [-0.05, 0) is 24.3 Å². The summed E-state index contributed by atoms with van der Waals surface area (Å²) in [6, 6.07) is 4.15. The van der Waals surface area contributed by atoms with Crippen molar-refractivity contribution < 1.29 is 0 Å². The van der Waals surface area contributed by atoms with Gasteiger partial charge >= 0.3 is 0 Å². The van der Waals surface area contributed by atoms with Crippen LogP contribution in [0.4, 0.5) is 11.8 Å². The van der Waals surface area contributed by atoms with Crippen LogP contribution in [0.5, 0.6) is 0 Å². The zero-order chi connectivity index (χ0) is 13.2. The standard InChI is InChI=1S/C12H12N6S/c13-10-9-11(18-12(14)17-10)15-6-7(16-9)3-4-8-2-1-5-19-8/h1-2,5-6H,3-4H2,(H4,13,14,15,17,18). The molecule has 3 aromatic rings. The van der Waals surface area contributed by atoms with Crippen LogP contribution >= 0.6 is 11.3 Å². The van der Waals surface area contributed by atoms with Gasteiger partial charge < -0.3 is 11.5 Å². The molecule has 0 aromatic carbocycles. The Balaban J connectivity index is 1.89. The van der Waals surface area contributed by atoms with E-state index in [1.807, 2.05) is 6.07 Å². The van der Waals surface area contributed by atoms with Crippen molar-refractivity contribution in [3.05, 3.63) is 34.3 Å². The van der Waals surface area contributed by atoms with E-state index in [1.165, 1.54) is 4.88 Å². The number of thiophene rings is 1. The van der Waals surface area contributed by atoms with Gasteiger partial charge in [-0.1, -0.05) is 6.07 Å². The molecule has 0 spiro atoms. The highest BCUT2D eigenvalue weighted by molar-refractivity contribution is 7.09. The molecule has 0 aliphatic carbocycles. The molecule has 6 nitrogen and oxygen atoms in total. The Bertz CT molecular complexity index is 710. The highest BCUT2D eigenvalue weighted by atomic mass is 32.1. The third kappa shape index (κ3) is 2.45. The summed E-state index contributed by atoms with van der Waals surface area (Å²) in [5.41, 5.74) is 13.1. The summed E-state index contributed by atoms with van der Waals surface area (Å²) >= 11 is 1.74. The third-order valence-corrected chi connectivity index (χ3v) is 3.64. The largest absolute Gasteiger partial charge is 0.382 e. The molecule has 0 saturated carbocycles. The maximum Gasteiger partial charge on any atom is 0.224 e. The van der Waals surface area contributed by atoms with Gasteiger partial charge in [-0.3, -0.25) is 0 Å². The summed E-state index contributed by atoms with van der Waals surface area (Å²) in [5, 5.41) is 2.07. The predicted octanol–water partition coefficient (Wildman–Crippen LogP) is 1.43. The van der Waals surface area contributed by atoms with Gasteiger partial charge in [0.2, 0.25) is 5.95 Å². The average Bonchev–Trinajstić information content (AvgIpc) is 2.89. The van der Waals surface area contributed by atoms with Gasteiger partial charge in [0.15, 0.2) is 17.0 Å². The maximum absolute atomic E-state index is 5.79. The molecule has 0 aliphatic heterocycles. The second-order valence-corrected chi connectivity index (χ2v) is 5.11. The first kappa shape index (κ1) is 11.8. The first-order valence-corrected chi connectivity index (χ1v) is 6.67. The number of anilines is 2. The van der Waals surface area contributed by atoms with Crippen molar-refractivity contribution in [3.8, 4) is 0 Å². The van der Waals surface area contributed by atoms with E-state index >= 15 is 0 Å². The van der Waals surface area contributed by atoms with Crippen LogP contribution in [0.1, 0.15) is 10.6 Å². The summed E-state index contributed by atoms with van der Waals surface area (Å²) in [7, 11) is 0. The van der Waals surface area contributed by atoms with Crippen molar-refractivity contribution in [3.63, 3.8) is 0 Å². The quantitative estimate of drug-likeness (QED) is 0.747. The summed E-state index contributed by atoms with van der Waals surface area (Å²) in [5.74, 6) is 0.388. The Labute approximate surface area is 113 Å². The molecule has 3 rings (SSSR count). The monoisotopic (exact) mass is 272 g/mol. The lowest BCUT2D eigenvalue weighted by molar-refractivity contribution is 0.923. The van der Waals surface area contributed by atoms with Gasteiger partial charge in [0.25, 0.3) is 0 Å². The number of hydrogen-bond acceptors (Lipinski definition) is 7. The molecule has 0 saturated heterocycles. The van der Waals surface area contributed by atoms with Gasteiger partial charge in [0.05, 0.1) is 11.9 Å². The summed E-state index contributed by atoms with van der Waals surface area (Å²) < 4.78 is 0. The lowest BCUT2D eigenvalue weighted by atomic mass is 10.2. The van der Waals surface area contributed by atoms with Crippen LogP contribution < -0.4 is 11.5 Å². The Hall–Kier alpha value is -2.28. The minimum absolute atomic E-state index is 0.116. The number of nitrogen functional groups attached to an aromatic ring is 2. The topological polar surface area (TPSA) is 104 Å². The predicted molar refractivity (Wildman–Crippen MR) is 75.7 cm³/mol. The van der Waals surface area contributed by atoms with E-state index in [2.05, 4.69) is 31.4 Å². The maximum atomic E-state index is 5.79. The minimum Gasteiger partial charge on any atom is -0.382 e. The molecule has 0 bridgehead atoms. The third-order valence-electron chi connectivity index (χ3n) is 2.71. The molecule has 0 amide bonds. The van der Waals surface area contributed by atoms with Crippen molar-refractivity contribution in [1.29, 1.82) is 0 Å². The lowest BCUT2D eigenvalue weighted by Crippen LogP contribution is -2.04. The number of nitrogens with zero attached hydrogens (tertiary/aromatic N) is 4. The molecule has 4 N–H and O–H groups in total. The molecule has 0 radical (unpaired) electrons. The number of aryl methyl sites for hydroxylation is 2. The van der Waals surface area contributed by atoms with Crippen molar-refractivity contribution in [1.82, 2.24) is 19.9 Å². The van der Waals surface area contributed by atoms with E-state index in [4.69, 9.17) is 11.5 Å². The second-order valence-electron chi connectivity index (χ2n) is 4.08. The van der Waals surface area contributed by atoms with Crippen LogP contribution in [0.3, 0.4) is 0 Å². The molecule has 0 unspecified atom stereocenters. The van der Waals surface area contributed by atoms with Crippen LogP contribution in [0, 0.1) is 0 Å². The average molecular weight is 272 g/mol. The Morgan fingerprint density at radius 3 is 2.79 bits per heavy atom.